The summed E-state index contributed by atoms with van der Waals surface area (Å²) in [5.74, 6) is 1.27. The molecule has 0 saturated carbocycles. The van der Waals surface area contributed by atoms with Gasteiger partial charge in [0.2, 0.25) is 5.78 Å². The number of benzene rings is 1. The minimum Gasteiger partial charge on any atom is -0.491 e. The Labute approximate surface area is 190 Å². The van der Waals surface area contributed by atoms with E-state index in [1.165, 1.54) is 0 Å². The highest BCUT2D eigenvalue weighted by atomic mass is 16.5. The first kappa shape index (κ1) is 22.8. The SMILES string of the molecule is Cc1cc(C(=O)c2c3c(nn2C)C(OC(C)C)CC2(CCNCC2)O3)ccc1OC(C)C. The zero-order chi connectivity index (χ0) is 23.0. The number of ether oxygens (including phenoxy) is 3. The van der Waals surface area contributed by atoms with Gasteiger partial charge >= 0.3 is 0 Å². The lowest BCUT2D eigenvalue weighted by molar-refractivity contribution is -0.0809. The third kappa shape index (κ3) is 4.41. The Morgan fingerprint density at radius 2 is 1.94 bits per heavy atom. The topological polar surface area (TPSA) is 74.6 Å². The molecule has 0 radical (unpaired) electrons. The van der Waals surface area contributed by atoms with Crippen LogP contribution in [0.4, 0.5) is 0 Å². The average Bonchev–Trinajstić information content (AvgIpc) is 3.04. The number of fused-ring (bicyclic) bond motifs is 1. The van der Waals surface area contributed by atoms with Crippen LogP contribution < -0.4 is 14.8 Å². The van der Waals surface area contributed by atoms with Gasteiger partial charge in [0.15, 0.2) is 11.4 Å². The maximum Gasteiger partial charge on any atom is 0.214 e. The number of hydrogen-bond acceptors (Lipinski definition) is 6. The fourth-order valence-electron chi connectivity index (χ4n) is 4.72. The normalized spacial score (nSPS) is 19.8. The monoisotopic (exact) mass is 441 g/mol. The van der Waals surface area contributed by atoms with Gasteiger partial charge in [-0.15, -0.1) is 0 Å². The number of piperidine rings is 1. The van der Waals surface area contributed by atoms with Crippen LogP contribution in [-0.2, 0) is 11.8 Å². The van der Waals surface area contributed by atoms with Crippen LogP contribution in [0, 0.1) is 6.92 Å². The zero-order valence-electron chi connectivity index (χ0n) is 20.0. The summed E-state index contributed by atoms with van der Waals surface area (Å²) >= 11 is 0. The van der Waals surface area contributed by atoms with Gasteiger partial charge in [-0.2, -0.15) is 5.10 Å². The van der Waals surface area contributed by atoms with Crippen LogP contribution >= 0.6 is 0 Å². The predicted octanol–water partition coefficient (Wildman–Crippen LogP) is 4.12. The van der Waals surface area contributed by atoms with Gasteiger partial charge < -0.3 is 19.5 Å². The number of aryl methyl sites for hydroxylation is 2. The molecule has 7 nitrogen and oxygen atoms in total. The summed E-state index contributed by atoms with van der Waals surface area (Å²) in [7, 11) is 1.81. The van der Waals surface area contributed by atoms with Crippen LogP contribution in [-0.4, -0.2) is 46.5 Å². The maximum absolute atomic E-state index is 13.7. The lowest BCUT2D eigenvalue weighted by Gasteiger charge is -2.43. The molecule has 1 N–H and O–H groups in total. The van der Waals surface area contributed by atoms with Gasteiger partial charge in [0.05, 0.1) is 12.2 Å². The van der Waals surface area contributed by atoms with Gasteiger partial charge in [-0.05, 0) is 84.3 Å². The smallest absolute Gasteiger partial charge is 0.214 e. The summed E-state index contributed by atoms with van der Waals surface area (Å²) in [6.07, 6.45) is 2.47. The number of rotatable bonds is 6. The van der Waals surface area contributed by atoms with Crippen LogP contribution in [0.15, 0.2) is 18.2 Å². The van der Waals surface area contributed by atoms with Gasteiger partial charge in [0, 0.05) is 19.0 Å². The van der Waals surface area contributed by atoms with Gasteiger partial charge in [-0.25, -0.2) is 0 Å². The molecule has 1 aromatic heterocycles. The molecule has 1 fully saturated rings. The van der Waals surface area contributed by atoms with Crippen molar-refractivity contribution in [3.05, 3.63) is 40.7 Å². The van der Waals surface area contributed by atoms with E-state index in [-0.39, 0.29) is 29.7 Å². The van der Waals surface area contributed by atoms with E-state index in [1.807, 2.05) is 52.8 Å². The van der Waals surface area contributed by atoms with Gasteiger partial charge in [0.1, 0.15) is 23.1 Å². The Bertz CT molecular complexity index is 989. The number of carbonyl (C=O) groups excluding carboxylic acids is 1. The molecule has 174 valence electrons. The van der Waals surface area contributed by atoms with E-state index in [2.05, 4.69) is 5.32 Å². The predicted molar refractivity (Wildman–Crippen MR) is 123 cm³/mol. The lowest BCUT2D eigenvalue weighted by atomic mass is 9.83. The number of carbonyl (C=O) groups is 1. The van der Waals surface area contributed by atoms with E-state index < -0.39 is 0 Å². The Morgan fingerprint density at radius 3 is 2.56 bits per heavy atom. The van der Waals surface area contributed by atoms with E-state index in [0.29, 0.717) is 17.0 Å². The van der Waals surface area contributed by atoms with Crippen LogP contribution in [0.5, 0.6) is 11.5 Å². The molecule has 4 rings (SSSR count). The fraction of sp³-hybridized carbons (Fsp3) is 0.600. The number of ketones is 1. The van der Waals surface area contributed by atoms with Crippen molar-refractivity contribution >= 4 is 5.78 Å². The molecule has 1 saturated heterocycles. The molecule has 32 heavy (non-hydrogen) atoms. The first-order valence-corrected chi connectivity index (χ1v) is 11.6. The van der Waals surface area contributed by atoms with Crippen molar-refractivity contribution in [2.45, 2.75) is 77.8 Å². The van der Waals surface area contributed by atoms with E-state index in [1.54, 1.807) is 11.7 Å². The van der Waals surface area contributed by atoms with Gasteiger partial charge in [0.25, 0.3) is 0 Å². The lowest BCUT2D eigenvalue weighted by Crippen LogP contribution is -2.49. The number of nitrogens with one attached hydrogen (secondary N) is 1. The summed E-state index contributed by atoms with van der Waals surface area (Å²) in [4.78, 5) is 13.7. The Morgan fingerprint density at radius 1 is 1.22 bits per heavy atom. The van der Waals surface area contributed by atoms with Crippen molar-refractivity contribution in [2.24, 2.45) is 7.05 Å². The number of nitrogens with zero attached hydrogens (tertiary/aromatic N) is 2. The second-order valence-electron chi connectivity index (χ2n) is 9.58. The van der Waals surface area contributed by atoms with Crippen LogP contribution in [0.1, 0.15) is 80.4 Å². The zero-order valence-corrected chi connectivity index (χ0v) is 20.0. The molecule has 1 aromatic carbocycles. The van der Waals surface area contributed by atoms with Gasteiger partial charge in [-0.3, -0.25) is 9.48 Å². The Kier molecular flexibility index (Phi) is 6.32. The average molecular weight is 442 g/mol. The molecular formula is C25H35N3O4. The minimum absolute atomic E-state index is 0.0574. The highest BCUT2D eigenvalue weighted by Crippen LogP contribution is 2.47. The van der Waals surface area contributed by atoms with Crippen molar-refractivity contribution in [1.29, 1.82) is 0 Å². The third-order valence-electron chi connectivity index (χ3n) is 6.18. The molecule has 1 atom stereocenters. The van der Waals surface area contributed by atoms with Crippen LogP contribution in [0.3, 0.4) is 0 Å². The molecule has 0 aliphatic carbocycles. The summed E-state index contributed by atoms with van der Waals surface area (Å²) in [5.41, 5.74) is 2.40. The molecule has 2 aromatic rings. The van der Waals surface area contributed by atoms with Crippen molar-refractivity contribution in [2.75, 3.05) is 13.1 Å². The van der Waals surface area contributed by atoms with E-state index in [9.17, 15) is 4.79 Å². The molecule has 7 heteroatoms. The van der Waals surface area contributed by atoms with Crippen molar-refractivity contribution < 1.29 is 19.0 Å². The Hall–Kier alpha value is -2.38. The Balaban J connectivity index is 1.73. The van der Waals surface area contributed by atoms with Crippen LogP contribution in [0.25, 0.3) is 0 Å². The molecule has 1 spiro atoms. The summed E-state index contributed by atoms with van der Waals surface area (Å²) < 4.78 is 20.4. The van der Waals surface area contributed by atoms with E-state index >= 15 is 0 Å². The van der Waals surface area contributed by atoms with Gasteiger partial charge in [-0.1, -0.05) is 0 Å². The fourth-order valence-corrected chi connectivity index (χ4v) is 4.72. The first-order valence-electron chi connectivity index (χ1n) is 11.6. The second kappa shape index (κ2) is 8.87. The maximum atomic E-state index is 13.7. The quantitative estimate of drug-likeness (QED) is 0.680. The first-order chi connectivity index (χ1) is 15.2. The van der Waals surface area contributed by atoms with Crippen molar-refractivity contribution in [1.82, 2.24) is 15.1 Å². The highest BCUT2D eigenvalue weighted by Gasteiger charge is 2.46. The summed E-state index contributed by atoms with van der Waals surface area (Å²) in [6.45, 7) is 11.8. The molecule has 2 aliphatic heterocycles. The molecule has 0 bridgehead atoms. The van der Waals surface area contributed by atoms with Crippen molar-refractivity contribution in [3.8, 4) is 11.5 Å². The third-order valence-corrected chi connectivity index (χ3v) is 6.18. The molecular weight excluding hydrogens is 406 g/mol. The largest absolute Gasteiger partial charge is 0.491 e. The van der Waals surface area contributed by atoms with Crippen LogP contribution in [0.2, 0.25) is 0 Å². The highest BCUT2D eigenvalue weighted by molar-refractivity contribution is 6.10. The molecule has 2 aliphatic rings. The molecule has 0 amide bonds. The molecule has 1 unspecified atom stereocenters. The van der Waals surface area contributed by atoms with Crippen molar-refractivity contribution in [3.63, 3.8) is 0 Å². The van der Waals surface area contributed by atoms with E-state index in [0.717, 1.165) is 49.4 Å². The number of hydrogen-bond donors (Lipinski definition) is 1. The standard InChI is InChI=1S/C25H35N3O4/c1-15(2)30-19-8-7-18(13-17(19)5)23(29)22-24-21(27-28(22)6)20(31-16(3)4)14-25(32-24)9-11-26-12-10-25/h7-8,13,15-16,20,26H,9-12,14H2,1-6H3. The molecule has 3 heterocycles. The summed E-state index contributed by atoms with van der Waals surface area (Å²) in [5, 5.41) is 8.10. The second-order valence-corrected chi connectivity index (χ2v) is 9.58. The minimum atomic E-state index is -0.333. The van der Waals surface area contributed by atoms with E-state index in [4.69, 9.17) is 19.3 Å². The number of aromatic nitrogens is 2. The summed E-state index contributed by atoms with van der Waals surface area (Å²) in [6, 6.07) is 5.56.